The molecule has 0 atom stereocenters. The topological polar surface area (TPSA) is 49.6 Å². The maximum Gasteiger partial charge on any atom is 0.251 e. The highest BCUT2D eigenvalue weighted by Crippen LogP contribution is 2.14. The van der Waals surface area contributed by atoms with Gasteiger partial charge in [0.1, 0.15) is 5.65 Å². The number of fused-ring (bicyclic) bond motifs is 1. The highest BCUT2D eigenvalue weighted by atomic mass is 35.5. The lowest BCUT2D eigenvalue weighted by atomic mass is 10.1. The van der Waals surface area contributed by atoms with Crippen molar-refractivity contribution < 1.29 is 4.79 Å². The van der Waals surface area contributed by atoms with Crippen molar-refractivity contribution in [3.8, 4) is 0 Å². The van der Waals surface area contributed by atoms with Crippen LogP contribution in [0.1, 0.15) is 21.6 Å². The summed E-state index contributed by atoms with van der Waals surface area (Å²) in [7, 11) is 3.68. The van der Waals surface area contributed by atoms with Crippen molar-refractivity contribution in [3.63, 3.8) is 0 Å². The van der Waals surface area contributed by atoms with Gasteiger partial charge < -0.3 is 9.72 Å². The zero-order valence-electron chi connectivity index (χ0n) is 13.7. The second kappa shape index (κ2) is 7.03. The van der Waals surface area contributed by atoms with Gasteiger partial charge in [-0.05, 0) is 36.9 Å². The summed E-state index contributed by atoms with van der Waals surface area (Å²) in [5.41, 5.74) is 3.69. The summed E-state index contributed by atoms with van der Waals surface area (Å²) in [6.07, 6.45) is 3.84. The van der Waals surface area contributed by atoms with Crippen LogP contribution in [0.25, 0.3) is 5.65 Å². The van der Waals surface area contributed by atoms with E-state index in [-0.39, 0.29) is 5.91 Å². The molecule has 3 rings (SSSR count). The standard InChI is InChI=1S/C18H19ClN4O/c1-20-18(24)14-5-3-13(4-6-14)9-22(2)11-16-12-23-10-15(19)7-8-17(23)21-16/h3-8,10,12H,9,11H2,1-2H3,(H,20,24). The highest BCUT2D eigenvalue weighted by molar-refractivity contribution is 6.30. The zero-order valence-corrected chi connectivity index (χ0v) is 14.4. The third-order valence-electron chi connectivity index (χ3n) is 3.79. The lowest BCUT2D eigenvalue weighted by molar-refractivity contribution is 0.0963. The minimum atomic E-state index is -0.0711. The average molecular weight is 343 g/mol. The second-order valence-electron chi connectivity index (χ2n) is 5.79. The van der Waals surface area contributed by atoms with Gasteiger partial charge in [0.05, 0.1) is 10.7 Å². The van der Waals surface area contributed by atoms with Crippen LogP contribution in [0.15, 0.2) is 48.8 Å². The fraction of sp³-hybridized carbons (Fsp3) is 0.222. The van der Waals surface area contributed by atoms with E-state index in [1.165, 1.54) is 0 Å². The first-order valence-corrected chi connectivity index (χ1v) is 8.05. The molecule has 0 aliphatic rings. The maximum absolute atomic E-state index is 11.6. The predicted molar refractivity (Wildman–Crippen MR) is 95.2 cm³/mol. The van der Waals surface area contributed by atoms with E-state index in [0.29, 0.717) is 10.6 Å². The Kier molecular flexibility index (Phi) is 4.83. The van der Waals surface area contributed by atoms with Gasteiger partial charge >= 0.3 is 0 Å². The van der Waals surface area contributed by atoms with Crippen molar-refractivity contribution >= 4 is 23.2 Å². The number of pyridine rings is 1. The van der Waals surface area contributed by atoms with Crippen LogP contribution in [0.5, 0.6) is 0 Å². The molecule has 1 amide bonds. The molecule has 0 fully saturated rings. The summed E-state index contributed by atoms with van der Waals surface area (Å²) >= 11 is 6.00. The quantitative estimate of drug-likeness (QED) is 0.775. The van der Waals surface area contributed by atoms with Gasteiger partial charge in [-0.3, -0.25) is 9.69 Å². The summed E-state index contributed by atoms with van der Waals surface area (Å²) in [5.74, 6) is -0.0711. The van der Waals surface area contributed by atoms with Crippen LogP contribution >= 0.6 is 11.6 Å². The molecule has 0 saturated heterocycles. The number of nitrogens with zero attached hydrogens (tertiary/aromatic N) is 3. The van der Waals surface area contributed by atoms with Crippen LogP contribution in [-0.4, -0.2) is 34.3 Å². The summed E-state index contributed by atoms with van der Waals surface area (Å²) in [5, 5.41) is 3.31. The Labute approximate surface area is 145 Å². The second-order valence-corrected chi connectivity index (χ2v) is 6.23. The van der Waals surface area contributed by atoms with Crippen molar-refractivity contribution in [3.05, 3.63) is 70.6 Å². The third-order valence-corrected chi connectivity index (χ3v) is 4.02. The van der Waals surface area contributed by atoms with Crippen LogP contribution in [0.3, 0.4) is 0 Å². The van der Waals surface area contributed by atoms with Crippen LogP contribution in [0.2, 0.25) is 5.02 Å². The number of aromatic nitrogens is 2. The number of halogens is 1. The van der Waals surface area contributed by atoms with Crippen LogP contribution < -0.4 is 5.32 Å². The SMILES string of the molecule is CNC(=O)c1ccc(CN(C)Cc2cn3cc(Cl)ccc3n2)cc1. The van der Waals surface area contributed by atoms with Gasteiger partial charge in [-0.2, -0.15) is 0 Å². The van der Waals surface area contributed by atoms with E-state index in [1.807, 2.05) is 60.2 Å². The van der Waals surface area contributed by atoms with E-state index < -0.39 is 0 Å². The van der Waals surface area contributed by atoms with E-state index in [0.717, 1.165) is 30.0 Å². The first kappa shape index (κ1) is 16.5. The number of imidazole rings is 1. The van der Waals surface area contributed by atoms with Gasteiger partial charge in [0.25, 0.3) is 5.91 Å². The van der Waals surface area contributed by atoms with Gasteiger partial charge in [-0.15, -0.1) is 0 Å². The molecule has 24 heavy (non-hydrogen) atoms. The van der Waals surface area contributed by atoms with Gasteiger partial charge in [0, 0.05) is 38.1 Å². The maximum atomic E-state index is 11.6. The Bertz CT molecular complexity index is 857. The molecule has 6 heteroatoms. The molecule has 0 saturated carbocycles. The first-order valence-electron chi connectivity index (χ1n) is 7.68. The monoisotopic (exact) mass is 342 g/mol. The highest BCUT2D eigenvalue weighted by Gasteiger charge is 2.08. The van der Waals surface area contributed by atoms with Crippen molar-refractivity contribution in [2.75, 3.05) is 14.1 Å². The van der Waals surface area contributed by atoms with E-state index in [2.05, 4.69) is 15.2 Å². The van der Waals surface area contributed by atoms with Crippen molar-refractivity contribution in [1.82, 2.24) is 19.6 Å². The van der Waals surface area contributed by atoms with Crippen LogP contribution in [0.4, 0.5) is 0 Å². The number of amides is 1. The van der Waals surface area contributed by atoms with Crippen LogP contribution in [0, 0.1) is 0 Å². The molecule has 0 aliphatic heterocycles. The molecule has 0 unspecified atom stereocenters. The van der Waals surface area contributed by atoms with Gasteiger partial charge in [0.15, 0.2) is 0 Å². The molecule has 0 aliphatic carbocycles. The largest absolute Gasteiger partial charge is 0.355 e. The molecule has 5 nitrogen and oxygen atoms in total. The molecule has 124 valence electrons. The number of benzene rings is 1. The molecule has 1 aromatic carbocycles. The number of rotatable bonds is 5. The van der Waals surface area contributed by atoms with Crippen molar-refractivity contribution in [1.29, 1.82) is 0 Å². The Morgan fingerprint density at radius 3 is 2.62 bits per heavy atom. The molecular formula is C18H19ClN4O. The summed E-state index contributed by atoms with van der Waals surface area (Å²) in [6.45, 7) is 1.51. The smallest absolute Gasteiger partial charge is 0.251 e. The Hall–Kier alpha value is -2.37. The number of carbonyl (C=O) groups excluding carboxylic acids is 1. The Balaban J connectivity index is 1.65. The third kappa shape index (κ3) is 3.75. The molecule has 3 aromatic rings. The normalized spacial score (nSPS) is 11.2. The van der Waals surface area contributed by atoms with E-state index in [4.69, 9.17) is 11.6 Å². The lowest BCUT2D eigenvalue weighted by Crippen LogP contribution is -2.19. The number of hydrogen-bond acceptors (Lipinski definition) is 3. The molecular weight excluding hydrogens is 324 g/mol. The molecule has 2 aromatic heterocycles. The van der Waals surface area contributed by atoms with Crippen LogP contribution in [-0.2, 0) is 13.1 Å². The molecule has 1 N–H and O–H groups in total. The van der Waals surface area contributed by atoms with E-state index >= 15 is 0 Å². The number of carbonyl (C=O) groups is 1. The van der Waals surface area contributed by atoms with Gasteiger partial charge in [-0.25, -0.2) is 4.98 Å². The summed E-state index contributed by atoms with van der Waals surface area (Å²) < 4.78 is 1.93. The van der Waals surface area contributed by atoms with Crippen molar-refractivity contribution in [2.24, 2.45) is 0 Å². The fourth-order valence-corrected chi connectivity index (χ4v) is 2.81. The fourth-order valence-electron chi connectivity index (χ4n) is 2.64. The minimum absolute atomic E-state index is 0.0711. The molecule has 2 heterocycles. The summed E-state index contributed by atoms with van der Waals surface area (Å²) in [6, 6.07) is 11.4. The Morgan fingerprint density at radius 2 is 1.92 bits per heavy atom. The molecule has 0 spiro atoms. The predicted octanol–water partition coefficient (Wildman–Crippen LogP) is 2.98. The lowest BCUT2D eigenvalue weighted by Gasteiger charge is -2.15. The zero-order chi connectivity index (χ0) is 17.1. The number of hydrogen-bond donors (Lipinski definition) is 1. The minimum Gasteiger partial charge on any atom is -0.355 e. The number of nitrogens with one attached hydrogen (secondary N) is 1. The molecule has 0 bridgehead atoms. The molecule has 0 radical (unpaired) electrons. The first-order chi connectivity index (χ1) is 11.5. The Morgan fingerprint density at radius 1 is 1.17 bits per heavy atom. The van der Waals surface area contributed by atoms with E-state index in [9.17, 15) is 4.79 Å². The summed E-state index contributed by atoms with van der Waals surface area (Å²) in [4.78, 5) is 18.3. The van der Waals surface area contributed by atoms with Gasteiger partial charge in [0.2, 0.25) is 0 Å². The average Bonchev–Trinajstić information content (AvgIpc) is 2.95. The van der Waals surface area contributed by atoms with Crippen molar-refractivity contribution in [2.45, 2.75) is 13.1 Å². The van der Waals surface area contributed by atoms with Gasteiger partial charge in [-0.1, -0.05) is 23.7 Å². The van der Waals surface area contributed by atoms with E-state index in [1.54, 1.807) is 7.05 Å².